The van der Waals surface area contributed by atoms with Gasteiger partial charge in [-0.1, -0.05) is 37.0 Å². The van der Waals surface area contributed by atoms with Gasteiger partial charge in [0.25, 0.3) is 11.5 Å². The normalized spacial score (nSPS) is 19.4. The molecule has 4 heterocycles. The van der Waals surface area contributed by atoms with Crippen molar-refractivity contribution in [1.29, 1.82) is 0 Å². The number of anilines is 1. The first-order valence-electron chi connectivity index (χ1n) is 11.7. The fourth-order valence-electron chi connectivity index (χ4n) is 4.24. The number of carbonyl (C=O) groups excluding carboxylic acids is 3. The van der Waals surface area contributed by atoms with Crippen LogP contribution in [0.2, 0.25) is 0 Å². The number of hydrogen-bond donors (Lipinski definition) is 1. The van der Waals surface area contributed by atoms with Crippen molar-refractivity contribution in [1.82, 2.24) is 19.6 Å². The molecule has 0 bridgehead atoms. The van der Waals surface area contributed by atoms with Gasteiger partial charge in [0.05, 0.1) is 23.5 Å². The highest BCUT2D eigenvalue weighted by Crippen LogP contribution is 2.34. The van der Waals surface area contributed by atoms with Crippen LogP contribution in [0.3, 0.4) is 0 Å². The molecule has 0 saturated carbocycles. The molecule has 190 valence electrons. The first kappa shape index (κ1) is 25.8. The maximum atomic E-state index is 13.7. The minimum Gasteiger partial charge on any atom is -0.466 e. The number of hydrogen-bond acceptors (Lipinski definition) is 9. The molecule has 0 aliphatic carbocycles. The molecule has 2 aliphatic rings. The highest BCUT2D eigenvalue weighted by atomic mass is 32.2. The first-order valence-corrected chi connectivity index (χ1v) is 13.0. The molecular weight excluding hydrogens is 502 g/mol. The quantitative estimate of drug-likeness (QED) is 0.326. The number of fused-ring (bicyclic) bond motifs is 1. The molecule has 4 rings (SSSR count). The van der Waals surface area contributed by atoms with E-state index in [-0.39, 0.29) is 41.8 Å². The predicted molar refractivity (Wildman–Crippen MR) is 142 cm³/mol. The van der Waals surface area contributed by atoms with E-state index in [2.05, 4.69) is 5.32 Å². The Bertz CT molecular complexity index is 1340. The second-order valence-electron chi connectivity index (χ2n) is 8.38. The van der Waals surface area contributed by atoms with E-state index >= 15 is 0 Å². The van der Waals surface area contributed by atoms with E-state index in [0.717, 1.165) is 23.7 Å². The third-order valence-corrected chi connectivity index (χ3v) is 7.31. The number of aromatic nitrogens is 2. The number of piperazine rings is 1. The van der Waals surface area contributed by atoms with Crippen LogP contribution in [0.4, 0.5) is 5.82 Å². The maximum absolute atomic E-state index is 13.7. The number of nitrogens with one attached hydrogen (secondary N) is 1. The topological polar surface area (TPSA) is 113 Å². The average Bonchev–Trinajstić information content (AvgIpc) is 3.10. The van der Waals surface area contributed by atoms with E-state index in [4.69, 9.17) is 21.9 Å². The van der Waals surface area contributed by atoms with Crippen molar-refractivity contribution in [2.24, 2.45) is 0 Å². The highest BCUT2D eigenvalue weighted by Gasteiger charge is 2.36. The van der Waals surface area contributed by atoms with Crippen LogP contribution in [0.5, 0.6) is 0 Å². The van der Waals surface area contributed by atoms with Gasteiger partial charge in [0.2, 0.25) is 5.91 Å². The molecule has 1 N–H and O–H groups in total. The summed E-state index contributed by atoms with van der Waals surface area (Å²) in [6.45, 7) is 6.78. The molecule has 1 atom stereocenters. The van der Waals surface area contributed by atoms with E-state index in [0.29, 0.717) is 34.5 Å². The summed E-state index contributed by atoms with van der Waals surface area (Å²) in [7, 11) is 0. The van der Waals surface area contributed by atoms with Crippen molar-refractivity contribution in [2.75, 3.05) is 31.1 Å². The lowest BCUT2D eigenvalue weighted by Gasteiger charge is -2.36. The lowest BCUT2D eigenvalue weighted by Crippen LogP contribution is -2.57. The Hall–Kier alpha value is -3.25. The standard InChI is InChI=1S/C24H27N5O5S2/c1-4-9-29-23(33)17(36-24(29)35)12-15-20(26-19-14(3)7-6-10-28(19)22(15)32)27-11-8-25-21(31)16(27)13-18(30)34-5-2/h6-7,10,12,16H,4-5,8-9,11,13H2,1-3H3,(H,25,31)/b17-12-/t16-/m1/s1. The summed E-state index contributed by atoms with van der Waals surface area (Å²) in [5.74, 6) is -0.924. The van der Waals surface area contributed by atoms with Crippen LogP contribution in [-0.2, 0) is 19.1 Å². The van der Waals surface area contributed by atoms with Gasteiger partial charge >= 0.3 is 5.97 Å². The number of carbonyl (C=O) groups is 3. The lowest BCUT2D eigenvalue weighted by molar-refractivity contribution is -0.145. The number of rotatable bonds is 7. The Balaban J connectivity index is 1.90. The van der Waals surface area contributed by atoms with Crippen LogP contribution >= 0.6 is 24.0 Å². The maximum Gasteiger partial charge on any atom is 0.308 e. The number of thioether (sulfide) groups is 1. The van der Waals surface area contributed by atoms with Crippen molar-refractivity contribution >= 4 is 63.6 Å². The smallest absolute Gasteiger partial charge is 0.308 e. The zero-order valence-corrected chi connectivity index (χ0v) is 21.9. The largest absolute Gasteiger partial charge is 0.466 e. The lowest BCUT2D eigenvalue weighted by atomic mass is 10.1. The Labute approximate surface area is 217 Å². The SMILES string of the molecule is CCCN1C(=O)/C(=C/c2c(N3CCNC(=O)[C@H]3CC(=O)OCC)nc3c(C)cccn3c2=O)SC1=S. The molecule has 2 aromatic heterocycles. The van der Waals surface area contributed by atoms with Gasteiger partial charge in [-0.3, -0.25) is 28.5 Å². The molecular formula is C24H27N5O5S2. The van der Waals surface area contributed by atoms with Crippen LogP contribution in [0.1, 0.15) is 37.8 Å². The molecule has 10 nitrogen and oxygen atoms in total. The van der Waals surface area contributed by atoms with Gasteiger partial charge in [0.1, 0.15) is 21.8 Å². The molecule has 2 fully saturated rings. The summed E-state index contributed by atoms with van der Waals surface area (Å²) in [6.07, 6.45) is 3.65. The Morgan fingerprint density at radius 2 is 2.11 bits per heavy atom. The number of nitrogens with zero attached hydrogens (tertiary/aromatic N) is 4. The molecule has 12 heteroatoms. The van der Waals surface area contributed by atoms with Gasteiger partial charge in [-0.25, -0.2) is 4.98 Å². The summed E-state index contributed by atoms with van der Waals surface area (Å²) < 4.78 is 6.92. The summed E-state index contributed by atoms with van der Waals surface area (Å²) >= 11 is 6.51. The van der Waals surface area contributed by atoms with Crippen molar-refractivity contribution < 1.29 is 19.1 Å². The van der Waals surface area contributed by atoms with Gasteiger partial charge in [-0.2, -0.15) is 0 Å². The zero-order chi connectivity index (χ0) is 26.0. The highest BCUT2D eigenvalue weighted by molar-refractivity contribution is 8.26. The fraction of sp³-hybridized carbons (Fsp3) is 0.417. The molecule has 2 aromatic rings. The third kappa shape index (κ3) is 4.87. The minimum atomic E-state index is -0.919. The molecule has 36 heavy (non-hydrogen) atoms. The van der Waals surface area contributed by atoms with Gasteiger partial charge in [0, 0.05) is 25.8 Å². The summed E-state index contributed by atoms with van der Waals surface area (Å²) in [4.78, 5) is 60.2. The summed E-state index contributed by atoms with van der Waals surface area (Å²) in [6, 6.07) is 2.66. The van der Waals surface area contributed by atoms with Crippen molar-refractivity contribution in [3.8, 4) is 0 Å². The Morgan fingerprint density at radius 1 is 1.33 bits per heavy atom. The molecule has 2 saturated heterocycles. The summed E-state index contributed by atoms with van der Waals surface area (Å²) in [5.41, 5.74) is 0.952. The molecule has 2 aliphatic heterocycles. The van der Waals surface area contributed by atoms with E-state index in [1.54, 1.807) is 24.1 Å². The second-order valence-corrected chi connectivity index (χ2v) is 10.1. The number of ether oxygens (including phenoxy) is 1. The van der Waals surface area contributed by atoms with Crippen LogP contribution in [0.15, 0.2) is 28.0 Å². The van der Waals surface area contributed by atoms with Crippen molar-refractivity contribution in [2.45, 2.75) is 39.7 Å². The van der Waals surface area contributed by atoms with Gasteiger partial charge in [0.15, 0.2) is 0 Å². The molecule has 0 unspecified atom stereocenters. The number of esters is 1. The van der Waals surface area contributed by atoms with Crippen LogP contribution in [0.25, 0.3) is 11.7 Å². The molecule has 0 radical (unpaired) electrons. The van der Waals surface area contributed by atoms with E-state index < -0.39 is 12.0 Å². The van der Waals surface area contributed by atoms with E-state index in [9.17, 15) is 19.2 Å². The number of thiocarbonyl (C=S) groups is 1. The van der Waals surface area contributed by atoms with Gasteiger partial charge in [-0.15, -0.1) is 0 Å². The average molecular weight is 530 g/mol. The monoisotopic (exact) mass is 529 g/mol. The predicted octanol–water partition coefficient (Wildman–Crippen LogP) is 1.87. The third-order valence-electron chi connectivity index (χ3n) is 5.93. The fourth-order valence-corrected chi connectivity index (χ4v) is 5.53. The Morgan fingerprint density at radius 3 is 2.83 bits per heavy atom. The van der Waals surface area contributed by atoms with Crippen molar-refractivity contribution in [3.05, 3.63) is 44.7 Å². The van der Waals surface area contributed by atoms with E-state index in [1.165, 1.54) is 15.4 Å². The molecule has 0 spiro atoms. The van der Waals surface area contributed by atoms with Crippen LogP contribution in [0, 0.1) is 6.92 Å². The zero-order valence-electron chi connectivity index (χ0n) is 20.3. The summed E-state index contributed by atoms with van der Waals surface area (Å²) in [5, 5.41) is 2.77. The number of aryl methyl sites for hydroxylation is 1. The number of pyridine rings is 1. The number of amides is 2. The molecule has 0 aromatic carbocycles. The van der Waals surface area contributed by atoms with Gasteiger partial charge in [-0.05, 0) is 38.0 Å². The van der Waals surface area contributed by atoms with Crippen LogP contribution in [-0.4, -0.2) is 68.7 Å². The Kier molecular flexibility index (Phi) is 7.74. The van der Waals surface area contributed by atoms with Crippen molar-refractivity contribution in [3.63, 3.8) is 0 Å². The minimum absolute atomic E-state index is 0.152. The second kappa shape index (κ2) is 10.8. The van der Waals surface area contributed by atoms with Gasteiger partial charge < -0.3 is 15.0 Å². The van der Waals surface area contributed by atoms with E-state index in [1.807, 2.05) is 19.9 Å². The first-order chi connectivity index (χ1) is 17.3. The van der Waals surface area contributed by atoms with Crippen LogP contribution < -0.4 is 15.8 Å². The molecule has 2 amide bonds.